The summed E-state index contributed by atoms with van der Waals surface area (Å²) in [6.45, 7) is 0.903. The molecule has 1 aromatic rings. The number of nitrogens with zero attached hydrogens (tertiary/aromatic N) is 1. The summed E-state index contributed by atoms with van der Waals surface area (Å²) in [6.07, 6.45) is -0.0171. The van der Waals surface area contributed by atoms with Gasteiger partial charge in [-0.1, -0.05) is 6.07 Å². The summed E-state index contributed by atoms with van der Waals surface area (Å²) in [7, 11) is 6.42. The van der Waals surface area contributed by atoms with Crippen molar-refractivity contribution in [3.63, 3.8) is 0 Å². The van der Waals surface area contributed by atoms with Crippen LogP contribution in [-0.2, 0) is 14.2 Å². The first kappa shape index (κ1) is 14.0. The van der Waals surface area contributed by atoms with Gasteiger partial charge in [0.15, 0.2) is 0 Å². The number of halogens is 2. The summed E-state index contributed by atoms with van der Waals surface area (Å²) in [4.78, 5) is 13.3. The van der Waals surface area contributed by atoms with Crippen LogP contribution in [0.1, 0.15) is 11.6 Å². The Hall–Kier alpha value is -1.47. The van der Waals surface area contributed by atoms with E-state index in [-0.39, 0.29) is 11.7 Å². The molecule has 1 aromatic carbocycles. The first-order chi connectivity index (χ1) is 9.06. The molecule has 1 fully saturated rings. The number of ether oxygens (including phenoxy) is 1. The zero-order valence-corrected chi connectivity index (χ0v) is 10.3. The van der Waals surface area contributed by atoms with E-state index in [9.17, 15) is 13.6 Å². The lowest BCUT2D eigenvalue weighted by atomic mass is 9.99. The number of carbonyl (C=O) groups is 1. The smallest absolute Gasteiger partial charge is 0.378 e. The lowest BCUT2D eigenvalue weighted by Crippen LogP contribution is -2.55. The average Bonchev–Trinajstić information content (AvgIpc) is 2.33. The zero-order valence-electron chi connectivity index (χ0n) is 10.3. The fourth-order valence-corrected chi connectivity index (χ4v) is 2.09. The fraction of sp³-hybridized carbons (Fsp3) is 0.417. The number of rotatable bonds is 4. The lowest BCUT2D eigenvalue weighted by Gasteiger charge is -2.42. The molecule has 2 radical (unpaired) electrons. The minimum atomic E-state index is -0.989. The Morgan fingerprint density at radius 1 is 1.47 bits per heavy atom. The van der Waals surface area contributed by atoms with Crippen molar-refractivity contribution in [3.8, 4) is 0 Å². The van der Waals surface area contributed by atoms with Crippen LogP contribution in [0.25, 0.3) is 0 Å². The first-order valence-corrected chi connectivity index (χ1v) is 5.69. The van der Waals surface area contributed by atoms with Crippen LogP contribution in [0.15, 0.2) is 18.2 Å². The van der Waals surface area contributed by atoms with E-state index in [2.05, 4.69) is 4.65 Å². The van der Waals surface area contributed by atoms with Crippen molar-refractivity contribution >= 4 is 14.0 Å². The topological polar surface area (TPSA) is 38.8 Å². The predicted octanol–water partition coefficient (Wildman–Crippen LogP) is 0.963. The Morgan fingerprint density at radius 3 is 2.68 bits per heavy atom. The van der Waals surface area contributed by atoms with E-state index < -0.39 is 23.6 Å². The molecule has 100 valence electrons. The molecule has 0 bridgehead atoms. The number of hydrogen-bond donors (Lipinski definition) is 0. The van der Waals surface area contributed by atoms with Gasteiger partial charge in [-0.25, -0.2) is 8.78 Å². The molecule has 1 aliphatic heterocycles. The molecule has 0 N–H and O–H groups in total. The Balaban J connectivity index is 2.25. The molecule has 1 atom stereocenters. The standard InChI is InChI=1S/C12H12BF2NO3/c1-18-8-5-16(6-8)11(12(17)19-13)9-3-2-7(14)4-10(9)15/h2-4,8,11H,5-6H2,1H3. The molecule has 2 rings (SSSR count). The largest absolute Gasteiger partial charge is 0.542 e. The summed E-state index contributed by atoms with van der Waals surface area (Å²) in [6, 6.07) is 2.03. The van der Waals surface area contributed by atoms with Crippen LogP contribution >= 0.6 is 0 Å². The van der Waals surface area contributed by atoms with Crippen LogP contribution in [0.4, 0.5) is 8.78 Å². The van der Waals surface area contributed by atoms with Gasteiger partial charge in [0, 0.05) is 31.8 Å². The maximum Gasteiger partial charge on any atom is 0.378 e. The molecule has 7 heteroatoms. The third-order valence-electron chi connectivity index (χ3n) is 3.17. The normalized spacial score (nSPS) is 17.8. The van der Waals surface area contributed by atoms with Crippen molar-refractivity contribution in [1.29, 1.82) is 0 Å². The zero-order chi connectivity index (χ0) is 14.0. The summed E-state index contributed by atoms with van der Waals surface area (Å²) < 4.78 is 35.9. The molecule has 0 amide bonds. The van der Waals surface area contributed by atoms with E-state index in [1.807, 2.05) is 0 Å². The van der Waals surface area contributed by atoms with E-state index >= 15 is 0 Å². The average molecular weight is 267 g/mol. The summed E-state index contributed by atoms with van der Waals surface area (Å²) in [5, 5.41) is 0. The number of carbonyl (C=O) groups excluding carboxylic acids is 1. The second kappa shape index (κ2) is 5.67. The third-order valence-corrected chi connectivity index (χ3v) is 3.17. The van der Waals surface area contributed by atoms with Crippen LogP contribution < -0.4 is 0 Å². The number of likely N-dealkylation sites (tertiary alicyclic amines) is 1. The van der Waals surface area contributed by atoms with Gasteiger partial charge in [-0.15, -0.1) is 0 Å². The molecule has 4 nitrogen and oxygen atoms in total. The van der Waals surface area contributed by atoms with Crippen molar-refractivity contribution < 1.29 is 23.0 Å². The van der Waals surface area contributed by atoms with Crippen molar-refractivity contribution in [2.75, 3.05) is 20.2 Å². The minimum Gasteiger partial charge on any atom is -0.542 e. The molecule has 0 aliphatic carbocycles. The molecule has 0 spiro atoms. The molecule has 19 heavy (non-hydrogen) atoms. The molecule has 1 saturated heterocycles. The molecular weight excluding hydrogens is 255 g/mol. The number of benzene rings is 1. The number of methoxy groups -OCH3 is 1. The molecule has 1 unspecified atom stereocenters. The summed E-state index contributed by atoms with van der Waals surface area (Å²) in [5.41, 5.74) is 0.0337. The van der Waals surface area contributed by atoms with Crippen LogP contribution in [0.5, 0.6) is 0 Å². The Kier molecular flexibility index (Phi) is 4.16. The van der Waals surface area contributed by atoms with E-state index in [0.29, 0.717) is 13.1 Å². The van der Waals surface area contributed by atoms with Crippen LogP contribution in [-0.4, -0.2) is 45.2 Å². The molecule has 1 aliphatic rings. The van der Waals surface area contributed by atoms with Crippen molar-refractivity contribution in [3.05, 3.63) is 35.4 Å². The van der Waals surface area contributed by atoms with Crippen LogP contribution in [0.3, 0.4) is 0 Å². The van der Waals surface area contributed by atoms with Gasteiger partial charge in [-0.3, -0.25) is 9.69 Å². The highest BCUT2D eigenvalue weighted by molar-refractivity contribution is 6.06. The maximum absolute atomic E-state index is 13.8. The van der Waals surface area contributed by atoms with Crippen molar-refractivity contribution in [2.24, 2.45) is 0 Å². The van der Waals surface area contributed by atoms with E-state index in [1.54, 1.807) is 12.0 Å². The van der Waals surface area contributed by atoms with Crippen LogP contribution in [0.2, 0.25) is 0 Å². The quantitative estimate of drug-likeness (QED) is 0.762. The summed E-state index contributed by atoms with van der Waals surface area (Å²) in [5.74, 6) is -2.31. The Bertz CT molecular complexity index is 480. The van der Waals surface area contributed by atoms with Gasteiger partial charge in [-0.2, -0.15) is 0 Å². The van der Waals surface area contributed by atoms with E-state index in [4.69, 9.17) is 12.8 Å². The molecule has 1 heterocycles. The third kappa shape index (κ3) is 2.77. The van der Waals surface area contributed by atoms with Crippen LogP contribution in [0, 0.1) is 11.6 Å². The summed E-state index contributed by atoms with van der Waals surface area (Å²) >= 11 is 0. The number of hydrogen-bond acceptors (Lipinski definition) is 4. The molecule has 0 saturated carbocycles. The van der Waals surface area contributed by atoms with Gasteiger partial charge in [0.25, 0.3) is 0 Å². The second-order valence-corrected chi connectivity index (χ2v) is 4.32. The highest BCUT2D eigenvalue weighted by Crippen LogP contribution is 2.30. The first-order valence-electron chi connectivity index (χ1n) is 5.69. The van der Waals surface area contributed by atoms with Gasteiger partial charge in [-0.05, 0) is 6.07 Å². The minimum absolute atomic E-state index is 0.0171. The van der Waals surface area contributed by atoms with Gasteiger partial charge in [0.2, 0.25) is 0 Å². The van der Waals surface area contributed by atoms with Gasteiger partial charge < -0.3 is 9.39 Å². The Labute approximate surface area is 110 Å². The molecule has 0 aromatic heterocycles. The van der Waals surface area contributed by atoms with Gasteiger partial charge in [0.05, 0.1) is 6.10 Å². The van der Waals surface area contributed by atoms with Crippen molar-refractivity contribution in [2.45, 2.75) is 12.1 Å². The van der Waals surface area contributed by atoms with E-state index in [1.165, 1.54) is 6.07 Å². The van der Waals surface area contributed by atoms with E-state index in [0.717, 1.165) is 12.1 Å². The van der Waals surface area contributed by atoms with Gasteiger partial charge >= 0.3 is 14.0 Å². The molecular formula is C12H12BF2NO3. The predicted molar refractivity (Wildman–Crippen MR) is 63.3 cm³/mol. The monoisotopic (exact) mass is 267 g/mol. The van der Waals surface area contributed by atoms with Gasteiger partial charge in [0.1, 0.15) is 17.7 Å². The highest BCUT2D eigenvalue weighted by atomic mass is 19.1. The maximum atomic E-state index is 13.8. The SMILES string of the molecule is [B]OC(=O)C(c1ccc(F)cc1F)N1CC(OC)C1. The highest BCUT2D eigenvalue weighted by Gasteiger charge is 2.38. The fourth-order valence-electron chi connectivity index (χ4n) is 2.09. The second-order valence-electron chi connectivity index (χ2n) is 4.32. The lowest BCUT2D eigenvalue weighted by molar-refractivity contribution is -0.146. The Morgan fingerprint density at radius 2 is 2.16 bits per heavy atom. The van der Waals surface area contributed by atoms with Crippen molar-refractivity contribution in [1.82, 2.24) is 4.90 Å².